The molecule has 0 bridgehead atoms. The van der Waals surface area contributed by atoms with E-state index in [9.17, 15) is 9.90 Å². The van der Waals surface area contributed by atoms with Gasteiger partial charge in [0.2, 0.25) is 0 Å². The molecule has 5 heteroatoms. The number of rotatable bonds is 6. The Hall–Kier alpha value is -1.20. The van der Waals surface area contributed by atoms with E-state index >= 15 is 0 Å². The van der Waals surface area contributed by atoms with Crippen molar-refractivity contribution in [3.05, 3.63) is 24.3 Å². The maximum Gasteiger partial charge on any atom is 0.319 e. The van der Waals surface area contributed by atoms with Gasteiger partial charge < -0.3 is 15.7 Å². The molecular weight excluding hydrogens is 284 g/mol. The lowest BCUT2D eigenvalue weighted by Gasteiger charge is -2.33. The second kappa shape index (κ2) is 7.71. The van der Waals surface area contributed by atoms with Crippen molar-refractivity contribution in [2.75, 3.05) is 18.1 Å². The lowest BCUT2D eigenvalue weighted by Crippen LogP contribution is -2.44. The van der Waals surface area contributed by atoms with E-state index in [1.807, 2.05) is 58.2 Å². The van der Waals surface area contributed by atoms with E-state index in [1.165, 1.54) is 0 Å². The molecule has 1 rings (SSSR count). The monoisotopic (exact) mass is 310 g/mol. The van der Waals surface area contributed by atoms with Gasteiger partial charge >= 0.3 is 6.03 Å². The number of aliphatic hydroxyl groups is 1. The van der Waals surface area contributed by atoms with E-state index in [4.69, 9.17) is 0 Å². The van der Waals surface area contributed by atoms with Crippen molar-refractivity contribution >= 4 is 23.5 Å². The summed E-state index contributed by atoms with van der Waals surface area (Å²) >= 11 is 1.59. The van der Waals surface area contributed by atoms with Crippen molar-refractivity contribution in [1.82, 2.24) is 5.32 Å². The molecule has 0 heterocycles. The molecule has 3 N–H and O–H groups in total. The molecule has 0 fully saturated rings. The van der Waals surface area contributed by atoms with E-state index < -0.39 is 6.10 Å². The van der Waals surface area contributed by atoms with Gasteiger partial charge in [0.1, 0.15) is 0 Å². The molecule has 0 spiro atoms. The number of amides is 2. The first-order chi connectivity index (χ1) is 9.77. The molecular formula is C16H26N2O2S. The molecule has 0 radical (unpaired) electrons. The summed E-state index contributed by atoms with van der Waals surface area (Å²) in [4.78, 5) is 13.0. The van der Waals surface area contributed by atoms with Crippen molar-refractivity contribution in [3.63, 3.8) is 0 Å². The van der Waals surface area contributed by atoms with Crippen LogP contribution < -0.4 is 10.6 Å². The Morgan fingerprint density at radius 2 is 1.95 bits per heavy atom. The van der Waals surface area contributed by atoms with E-state index in [0.717, 1.165) is 10.6 Å². The molecule has 0 aromatic heterocycles. The number of aliphatic hydroxyl groups excluding tert-OH is 1. The average molecular weight is 310 g/mol. The third-order valence-electron chi connectivity index (χ3n) is 3.49. The maximum atomic E-state index is 12.0. The Bertz CT molecular complexity index is 475. The summed E-state index contributed by atoms with van der Waals surface area (Å²) in [6, 6.07) is 7.42. The number of hydrogen-bond donors (Lipinski definition) is 3. The molecule has 1 aromatic carbocycles. The Kier molecular flexibility index (Phi) is 6.55. The predicted molar refractivity (Wildman–Crippen MR) is 89.9 cm³/mol. The minimum atomic E-state index is -0.462. The predicted octanol–water partition coefficient (Wildman–Crippen LogP) is 3.57. The molecule has 0 saturated carbocycles. The van der Waals surface area contributed by atoms with Gasteiger partial charge in [-0.1, -0.05) is 39.8 Å². The average Bonchev–Trinajstić information content (AvgIpc) is 2.45. The van der Waals surface area contributed by atoms with E-state index in [0.29, 0.717) is 6.54 Å². The minimum Gasteiger partial charge on any atom is -0.392 e. The van der Waals surface area contributed by atoms with Crippen LogP contribution in [0.4, 0.5) is 10.5 Å². The van der Waals surface area contributed by atoms with Gasteiger partial charge in [0.25, 0.3) is 0 Å². The van der Waals surface area contributed by atoms with Crippen LogP contribution >= 0.6 is 11.8 Å². The van der Waals surface area contributed by atoms with Crippen LogP contribution in [0.5, 0.6) is 0 Å². The zero-order valence-corrected chi connectivity index (χ0v) is 14.3. The molecule has 0 aliphatic heterocycles. The van der Waals surface area contributed by atoms with Gasteiger partial charge in [-0.2, -0.15) is 0 Å². The van der Waals surface area contributed by atoms with Gasteiger partial charge in [-0.3, -0.25) is 0 Å². The molecule has 21 heavy (non-hydrogen) atoms. The molecule has 1 aromatic rings. The summed E-state index contributed by atoms with van der Waals surface area (Å²) in [6.07, 6.45) is 1.51. The summed E-state index contributed by atoms with van der Waals surface area (Å²) in [5.74, 6) is 0.155. The molecule has 4 nitrogen and oxygen atoms in total. The molecule has 0 aliphatic rings. The fourth-order valence-corrected chi connectivity index (χ4v) is 2.78. The van der Waals surface area contributed by atoms with E-state index in [2.05, 4.69) is 10.6 Å². The van der Waals surface area contributed by atoms with Crippen LogP contribution in [0.15, 0.2) is 29.2 Å². The van der Waals surface area contributed by atoms with Crippen LogP contribution in [0.25, 0.3) is 0 Å². The van der Waals surface area contributed by atoms with Crippen LogP contribution in [0.1, 0.15) is 27.7 Å². The van der Waals surface area contributed by atoms with E-state index in [1.54, 1.807) is 11.8 Å². The quantitative estimate of drug-likeness (QED) is 0.704. The van der Waals surface area contributed by atoms with Crippen LogP contribution in [0.2, 0.25) is 0 Å². The third kappa shape index (κ3) is 5.25. The number of carbonyl (C=O) groups excluding carboxylic acids is 1. The summed E-state index contributed by atoms with van der Waals surface area (Å²) in [6.45, 7) is 8.27. The summed E-state index contributed by atoms with van der Waals surface area (Å²) in [7, 11) is 0. The molecule has 0 saturated heterocycles. The number of anilines is 1. The van der Waals surface area contributed by atoms with Gasteiger partial charge in [-0.15, -0.1) is 11.8 Å². The number of urea groups is 1. The second-order valence-corrected chi connectivity index (χ2v) is 7.03. The minimum absolute atomic E-state index is 0.155. The zero-order valence-electron chi connectivity index (χ0n) is 13.4. The Balaban J connectivity index is 2.58. The number of thioether (sulfide) groups is 1. The van der Waals surface area contributed by atoms with Gasteiger partial charge in [0, 0.05) is 16.9 Å². The number of nitrogens with one attached hydrogen (secondary N) is 2. The second-order valence-electron chi connectivity index (χ2n) is 6.19. The lowest BCUT2D eigenvalue weighted by molar-refractivity contribution is 0.0154. The van der Waals surface area contributed by atoms with E-state index in [-0.39, 0.29) is 17.4 Å². The summed E-state index contributed by atoms with van der Waals surface area (Å²) in [5.41, 5.74) is 0.426. The highest BCUT2D eigenvalue weighted by atomic mass is 32.2. The molecule has 0 aliphatic carbocycles. The smallest absolute Gasteiger partial charge is 0.319 e. The standard InChI is InChI=1S/C16H26N2O2S/c1-11(2)14(19)16(3,4)10-17-15(20)18-12-8-6-7-9-13(12)21-5/h6-9,11,14,19H,10H2,1-5H3,(H2,17,18,20). The molecule has 2 amide bonds. The van der Waals surface area contributed by atoms with Crippen molar-refractivity contribution in [1.29, 1.82) is 0 Å². The first-order valence-electron chi connectivity index (χ1n) is 7.14. The molecule has 118 valence electrons. The van der Waals surface area contributed by atoms with Gasteiger partial charge in [0.05, 0.1) is 11.8 Å². The molecule has 1 atom stereocenters. The fourth-order valence-electron chi connectivity index (χ4n) is 2.23. The highest BCUT2D eigenvalue weighted by molar-refractivity contribution is 7.98. The lowest BCUT2D eigenvalue weighted by atomic mass is 9.81. The van der Waals surface area contributed by atoms with Crippen LogP contribution in [-0.4, -0.2) is 30.0 Å². The number of para-hydroxylation sites is 1. The van der Waals surface area contributed by atoms with Crippen molar-refractivity contribution in [2.45, 2.75) is 38.7 Å². The first kappa shape index (κ1) is 17.9. The maximum absolute atomic E-state index is 12.0. The highest BCUT2D eigenvalue weighted by Crippen LogP contribution is 2.26. The van der Waals surface area contributed by atoms with Crippen molar-refractivity contribution in [2.24, 2.45) is 11.3 Å². The van der Waals surface area contributed by atoms with Gasteiger partial charge in [-0.05, 0) is 24.3 Å². The third-order valence-corrected chi connectivity index (χ3v) is 4.29. The Morgan fingerprint density at radius 1 is 1.33 bits per heavy atom. The number of carbonyl (C=O) groups is 1. The van der Waals surface area contributed by atoms with Crippen LogP contribution in [0, 0.1) is 11.3 Å². The topological polar surface area (TPSA) is 61.4 Å². The largest absolute Gasteiger partial charge is 0.392 e. The van der Waals surface area contributed by atoms with Crippen LogP contribution in [-0.2, 0) is 0 Å². The fraction of sp³-hybridized carbons (Fsp3) is 0.562. The first-order valence-corrected chi connectivity index (χ1v) is 8.36. The number of benzene rings is 1. The Morgan fingerprint density at radius 3 is 2.52 bits per heavy atom. The van der Waals surface area contributed by atoms with Crippen molar-refractivity contribution in [3.8, 4) is 0 Å². The van der Waals surface area contributed by atoms with Crippen molar-refractivity contribution < 1.29 is 9.90 Å². The SMILES string of the molecule is CSc1ccccc1NC(=O)NCC(C)(C)C(O)C(C)C. The van der Waals surface area contributed by atoms with Crippen LogP contribution in [0.3, 0.4) is 0 Å². The summed E-state index contributed by atoms with van der Waals surface area (Å²) in [5, 5.41) is 15.9. The Labute approximate surface area is 131 Å². The summed E-state index contributed by atoms with van der Waals surface area (Å²) < 4.78 is 0. The number of hydrogen-bond acceptors (Lipinski definition) is 3. The normalized spacial score (nSPS) is 13.1. The highest BCUT2D eigenvalue weighted by Gasteiger charge is 2.30. The van der Waals surface area contributed by atoms with Gasteiger partial charge in [-0.25, -0.2) is 4.79 Å². The van der Waals surface area contributed by atoms with Gasteiger partial charge in [0.15, 0.2) is 0 Å². The zero-order chi connectivity index (χ0) is 16.0. The molecule has 1 unspecified atom stereocenters.